The van der Waals surface area contributed by atoms with Crippen LogP contribution in [0.25, 0.3) is 0 Å². The van der Waals surface area contributed by atoms with Crippen molar-refractivity contribution in [3.63, 3.8) is 0 Å². The van der Waals surface area contributed by atoms with Gasteiger partial charge in [-0.1, -0.05) is 30.8 Å². The molecule has 0 bridgehead atoms. The standard InChI is InChI=1S/C15H22N4O2/c1-19(12-6-4-2-3-5-7-12)15(20)13-9-8-11(10-17-13)14(16)18-21/h8-10,12,21H,2-7H2,1H3,(H2,16,18). The van der Waals surface area contributed by atoms with E-state index in [0.29, 0.717) is 17.3 Å². The molecule has 0 spiro atoms. The highest BCUT2D eigenvalue weighted by Crippen LogP contribution is 2.22. The van der Waals surface area contributed by atoms with Crippen LogP contribution in [0.3, 0.4) is 0 Å². The number of nitrogens with zero attached hydrogens (tertiary/aromatic N) is 3. The highest BCUT2D eigenvalue weighted by atomic mass is 16.4. The van der Waals surface area contributed by atoms with Gasteiger partial charge in [0.05, 0.1) is 0 Å². The molecule has 1 amide bonds. The van der Waals surface area contributed by atoms with Gasteiger partial charge >= 0.3 is 0 Å². The Morgan fingerprint density at radius 3 is 2.52 bits per heavy atom. The summed E-state index contributed by atoms with van der Waals surface area (Å²) in [5.41, 5.74) is 6.36. The van der Waals surface area contributed by atoms with Gasteiger partial charge in [-0.15, -0.1) is 0 Å². The van der Waals surface area contributed by atoms with Crippen LogP contribution in [0.15, 0.2) is 23.5 Å². The van der Waals surface area contributed by atoms with Crippen molar-refractivity contribution in [2.24, 2.45) is 10.9 Å². The van der Waals surface area contributed by atoms with Crippen LogP contribution in [-0.2, 0) is 0 Å². The molecule has 1 aliphatic carbocycles. The molecular formula is C15H22N4O2. The van der Waals surface area contributed by atoms with E-state index in [0.717, 1.165) is 12.8 Å². The molecule has 0 saturated heterocycles. The normalized spacial score (nSPS) is 17.3. The van der Waals surface area contributed by atoms with Gasteiger partial charge < -0.3 is 15.8 Å². The first-order valence-corrected chi connectivity index (χ1v) is 7.34. The summed E-state index contributed by atoms with van der Waals surface area (Å²) in [6.45, 7) is 0. The number of oxime groups is 1. The summed E-state index contributed by atoms with van der Waals surface area (Å²) in [5, 5.41) is 11.5. The van der Waals surface area contributed by atoms with Crippen molar-refractivity contribution in [3.05, 3.63) is 29.6 Å². The highest BCUT2D eigenvalue weighted by Gasteiger charge is 2.22. The average molecular weight is 290 g/mol. The number of amides is 1. The molecule has 6 nitrogen and oxygen atoms in total. The zero-order valence-electron chi connectivity index (χ0n) is 12.3. The average Bonchev–Trinajstić information content (AvgIpc) is 2.82. The fourth-order valence-electron chi connectivity index (χ4n) is 2.72. The first-order chi connectivity index (χ1) is 10.1. The van der Waals surface area contributed by atoms with Crippen LogP contribution >= 0.6 is 0 Å². The van der Waals surface area contributed by atoms with Crippen molar-refractivity contribution in [1.29, 1.82) is 0 Å². The first-order valence-electron chi connectivity index (χ1n) is 7.34. The largest absolute Gasteiger partial charge is 0.409 e. The molecule has 0 aliphatic heterocycles. The number of amidine groups is 1. The molecule has 1 saturated carbocycles. The predicted octanol–water partition coefficient (Wildman–Crippen LogP) is 1.97. The molecule has 1 heterocycles. The van der Waals surface area contributed by atoms with Crippen molar-refractivity contribution in [2.75, 3.05) is 7.05 Å². The van der Waals surface area contributed by atoms with Crippen molar-refractivity contribution < 1.29 is 10.0 Å². The lowest BCUT2D eigenvalue weighted by atomic mass is 10.1. The quantitative estimate of drug-likeness (QED) is 0.293. The summed E-state index contributed by atoms with van der Waals surface area (Å²) in [6.07, 6.45) is 8.44. The Morgan fingerprint density at radius 2 is 2.00 bits per heavy atom. The lowest BCUT2D eigenvalue weighted by Gasteiger charge is -2.26. The maximum atomic E-state index is 12.5. The molecule has 114 valence electrons. The van der Waals surface area contributed by atoms with Gasteiger partial charge in [0.25, 0.3) is 5.91 Å². The van der Waals surface area contributed by atoms with Crippen molar-refractivity contribution in [1.82, 2.24) is 9.88 Å². The summed E-state index contributed by atoms with van der Waals surface area (Å²) in [7, 11) is 1.84. The fourth-order valence-corrected chi connectivity index (χ4v) is 2.72. The molecular weight excluding hydrogens is 268 g/mol. The lowest BCUT2D eigenvalue weighted by molar-refractivity contribution is 0.0712. The third-order valence-electron chi connectivity index (χ3n) is 4.08. The van der Waals surface area contributed by atoms with Crippen LogP contribution in [0.1, 0.15) is 54.6 Å². The third kappa shape index (κ3) is 3.71. The number of carbonyl (C=O) groups is 1. The van der Waals surface area contributed by atoms with Crippen LogP contribution in [-0.4, -0.2) is 39.9 Å². The van der Waals surface area contributed by atoms with Gasteiger partial charge in [0.15, 0.2) is 5.84 Å². The lowest BCUT2D eigenvalue weighted by Crippen LogP contribution is -2.37. The van der Waals surface area contributed by atoms with E-state index < -0.39 is 0 Å². The second kappa shape index (κ2) is 7.06. The van der Waals surface area contributed by atoms with E-state index in [4.69, 9.17) is 10.9 Å². The second-order valence-electron chi connectivity index (χ2n) is 5.48. The minimum atomic E-state index is -0.0760. The van der Waals surface area contributed by atoms with Gasteiger partial charge in [-0.3, -0.25) is 9.78 Å². The summed E-state index contributed by atoms with van der Waals surface area (Å²) >= 11 is 0. The number of nitrogens with two attached hydrogens (primary N) is 1. The molecule has 0 aromatic carbocycles. The Hall–Kier alpha value is -2.11. The molecule has 1 aromatic rings. The molecule has 3 N–H and O–H groups in total. The fraction of sp³-hybridized carbons (Fsp3) is 0.533. The minimum absolute atomic E-state index is 0.0152. The summed E-state index contributed by atoms with van der Waals surface area (Å²) in [4.78, 5) is 18.4. The Morgan fingerprint density at radius 1 is 1.33 bits per heavy atom. The SMILES string of the molecule is CN(C(=O)c1ccc(C(N)=NO)cn1)C1CCCCCC1. The number of hydrogen-bond donors (Lipinski definition) is 2. The van der Waals surface area contributed by atoms with Crippen LogP contribution in [0.5, 0.6) is 0 Å². The molecule has 0 unspecified atom stereocenters. The van der Waals surface area contributed by atoms with Gasteiger partial charge in [-0.05, 0) is 25.0 Å². The summed E-state index contributed by atoms with van der Waals surface area (Å²) in [5.74, 6) is -0.0911. The molecule has 6 heteroatoms. The minimum Gasteiger partial charge on any atom is -0.409 e. The number of hydrogen-bond acceptors (Lipinski definition) is 4. The van der Waals surface area contributed by atoms with Crippen LogP contribution in [0.4, 0.5) is 0 Å². The predicted molar refractivity (Wildman–Crippen MR) is 80.3 cm³/mol. The number of aromatic nitrogens is 1. The monoisotopic (exact) mass is 290 g/mol. The van der Waals surface area contributed by atoms with E-state index in [1.807, 2.05) is 7.05 Å². The Balaban J connectivity index is 2.08. The van der Waals surface area contributed by atoms with Gasteiger partial charge in [-0.2, -0.15) is 0 Å². The van der Waals surface area contributed by atoms with E-state index in [2.05, 4.69) is 10.1 Å². The van der Waals surface area contributed by atoms with E-state index >= 15 is 0 Å². The topological polar surface area (TPSA) is 91.8 Å². The van der Waals surface area contributed by atoms with Crippen molar-refractivity contribution >= 4 is 11.7 Å². The molecule has 0 atom stereocenters. The van der Waals surface area contributed by atoms with Gasteiger partial charge in [-0.25, -0.2) is 0 Å². The van der Waals surface area contributed by atoms with Crippen molar-refractivity contribution in [3.8, 4) is 0 Å². The third-order valence-corrected chi connectivity index (χ3v) is 4.08. The molecule has 1 fully saturated rings. The second-order valence-corrected chi connectivity index (χ2v) is 5.48. The highest BCUT2D eigenvalue weighted by molar-refractivity contribution is 5.98. The Labute approximate surface area is 124 Å². The molecule has 0 radical (unpaired) electrons. The molecule has 2 rings (SSSR count). The van der Waals surface area contributed by atoms with Gasteiger partial charge in [0, 0.05) is 24.8 Å². The zero-order valence-corrected chi connectivity index (χ0v) is 12.3. The van der Waals surface area contributed by atoms with Crippen LogP contribution in [0, 0.1) is 0 Å². The Bertz CT molecular complexity index is 505. The Kier molecular flexibility index (Phi) is 5.14. The van der Waals surface area contributed by atoms with E-state index in [9.17, 15) is 4.79 Å². The van der Waals surface area contributed by atoms with E-state index in [1.165, 1.54) is 31.9 Å². The molecule has 1 aliphatic rings. The first kappa shape index (κ1) is 15.3. The van der Waals surface area contributed by atoms with Crippen molar-refractivity contribution in [2.45, 2.75) is 44.6 Å². The maximum absolute atomic E-state index is 12.5. The van der Waals surface area contributed by atoms with Gasteiger partial charge in [0.2, 0.25) is 0 Å². The van der Waals surface area contributed by atoms with Crippen LogP contribution < -0.4 is 5.73 Å². The maximum Gasteiger partial charge on any atom is 0.272 e. The zero-order chi connectivity index (χ0) is 15.2. The van der Waals surface area contributed by atoms with E-state index in [-0.39, 0.29) is 11.7 Å². The molecule has 21 heavy (non-hydrogen) atoms. The number of pyridine rings is 1. The van der Waals surface area contributed by atoms with Gasteiger partial charge in [0.1, 0.15) is 5.69 Å². The van der Waals surface area contributed by atoms with E-state index in [1.54, 1.807) is 17.0 Å². The smallest absolute Gasteiger partial charge is 0.272 e. The number of rotatable bonds is 3. The summed E-state index contributed by atoms with van der Waals surface area (Å²) in [6, 6.07) is 3.55. The number of carbonyl (C=O) groups excluding carboxylic acids is 1. The molecule has 1 aromatic heterocycles. The summed E-state index contributed by atoms with van der Waals surface area (Å²) < 4.78 is 0. The van der Waals surface area contributed by atoms with Crippen LogP contribution in [0.2, 0.25) is 0 Å².